The van der Waals surface area contributed by atoms with E-state index in [2.05, 4.69) is 11.4 Å². The van der Waals surface area contributed by atoms with Crippen molar-refractivity contribution in [2.24, 2.45) is 0 Å². The van der Waals surface area contributed by atoms with Gasteiger partial charge in [0.25, 0.3) is 0 Å². The van der Waals surface area contributed by atoms with Crippen LogP contribution < -0.4 is 5.32 Å². The van der Waals surface area contributed by atoms with Crippen molar-refractivity contribution in [1.29, 1.82) is 5.26 Å². The molecule has 2 rings (SSSR count). The SMILES string of the molecule is N#CCCN(Cc1ccco1)C(=O)C1CCCCCN1. The van der Waals surface area contributed by atoms with Crippen molar-refractivity contribution in [1.82, 2.24) is 10.2 Å². The number of hydrogen-bond acceptors (Lipinski definition) is 4. The van der Waals surface area contributed by atoms with E-state index < -0.39 is 0 Å². The van der Waals surface area contributed by atoms with Gasteiger partial charge in [-0.3, -0.25) is 4.79 Å². The summed E-state index contributed by atoms with van der Waals surface area (Å²) in [6.07, 6.45) is 6.20. The van der Waals surface area contributed by atoms with Crippen LogP contribution in [0.5, 0.6) is 0 Å². The number of rotatable bonds is 5. The Hall–Kier alpha value is -1.80. The van der Waals surface area contributed by atoms with Crippen LogP contribution >= 0.6 is 0 Å². The minimum absolute atomic E-state index is 0.0820. The van der Waals surface area contributed by atoms with Crippen molar-refractivity contribution in [3.8, 4) is 6.07 Å². The van der Waals surface area contributed by atoms with E-state index in [1.807, 2.05) is 12.1 Å². The van der Waals surface area contributed by atoms with Gasteiger partial charge in [-0.2, -0.15) is 5.26 Å². The highest BCUT2D eigenvalue weighted by Crippen LogP contribution is 2.13. The van der Waals surface area contributed by atoms with E-state index in [1.54, 1.807) is 11.2 Å². The summed E-state index contributed by atoms with van der Waals surface area (Å²) in [4.78, 5) is 14.3. The smallest absolute Gasteiger partial charge is 0.240 e. The van der Waals surface area contributed by atoms with Gasteiger partial charge in [0.1, 0.15) is 5.76 Å². The van der Waals surface area contributed by atoms with Crippen molar-refractivity contribution in [3.05, 3.63) is 24.2 Å². The summed E-state index contributed by atoms with van der Waals surface area (Å²) in [5, 5.41) is 12.1. The molecular weight excluding hydrogens is 254 g/mol. The molecule has 0 saturated carbocycles. The van der Waals surface area contributed by atoms with E-state index in [0.29, 0.717) is 19.5 Å². The Kier molecular flexibility index (Phi) is 5.63. The maximum absolute atomic E-state index is 12.6. The lowest BCUT2D eigenvalue weighted by Gasteiger charge is -2.26. The van der Waals surface area contributed by atoms with E-state index in [9.17, 15) is 4.79 Å². The number of amides is 1. The second-order valence-corrected chi connectivity index (χ2v) is 5.10. The van der Waals surface area contributed by atoms with E-state index >= 15 is 0 Å². The normalized spacial score (nSPS) is 19.1. The summed E-state index contributed by atoms with van der Waals surface area (Å²) in [5.41, 5.74) is 0. The maximum atomic E-state index is 12.6. The molecule has 2 heterocycles. The molecule has 1 saturated heterocycles. The maximum Gasteiger partial charge on any atom is 0.240 e. The molecule has 1 fully saturated rings. The van der Waals surface area contributed by atoms with Crippen molar-refractivity contribution in [3.63, 3.8) is 0 Å². The third kappa shape index (κ3) is 4.10. The fourth-order valence-corrected chi connectivity index (χ4v) is 2.50. The van der Waals surface area contributed by atoms with Crippen LogP contribution in [0, 0.1) is 11.3 Å². The minimum Gasteiger partial charge on any atom is -0.467 e. The molecule has 0 bridgehead atoms. The van der Waals surface area contributed by atoms with Crippen LogP contribution in [0.3, 0.4) is 0 Å². The third-order valence-electron chi connectivity index (χ3n) is 3.59. The Labute approximate surface area is 119 Å². The molecular formula is C15H21N3O2. The molecule has 1 aliphatic rings. The number of nitrogens with one attached hydrogen (secondary N) is 1. The zero-order valence-electron chi connectivity index (χ0n) is 11.7. The molecule has 1 unspecified atom stereocenters. The average molecular weight is 275 g/mol. The van der Waals surface area contributed by atoms with Crippen LogP contribution in [-0.2, 0) is 11.3 Å². The van der Waals surface area contributed by atoms with Crippen LogP contribution in [0.4, 0.5) is 0 Å². The van der Waals surface area contributed by atoms with Crippen molar-refractivity contribution in [2.45, 2.75) is 44.7 Å². The largest absolute Gasteiger partial charge is 0.467 e. The van der Waals surface area contributed by atoms with Gasteiger partial charge < -0.3 is 14.6 Å². The van der Waals surface area contributed by atoms with Gasteiger partial charge in [-0.25, -0.2) is 0 Å². The number of carbonyl (C=O) groups is 1. The van der Waals surface area contributed by atoms with Gasteiger partial charge in [-0.05, 0) is 31.5 Å². The van der Waals surface area contributed by atoms with Gasteiger partial charge >= 0.3 is 0 Å². The fraction of sp³-hybridized carbons (Fsp3) is 0.600. The standard InChI is InChI=1S/C15H21N3O2/c16-8-5-10-18(12-13-6-4-11-20-13)15(19)14-7-2-1-3-9-17-14/h4,6,11,14,17H,1-3,5,7,9-10,12H2. The molecule has 5 nitrogen and oxygen atoms in total. The van der Waals surface area contributed by atoms with Gasteiger partial charge in [-0.15, -0.1) is 0 Å². The highest BCUT2D eigenvalue weighted by atomic mass is 16.3. The van der Waals surface area contributed by atoms with Gasteiger partial charge in [0, 0.05) is 6.54 Å². The first-order valence-electron chi connectivity index (χ1n) is 7.23. The molecule has 1 aromatic heterocycles. The summed E-state index contributed by atoms with van der Waals surface area (Å²) in [5.74, 6) is 0.837. The number of carbonyl (C=O) groups excluding carboxylic acids is 1. The second-order valence-electron chi connectivity index (χ2n) is 5.10. The predicted molar refractivity (Wildman–Crippen MR) is 74.6 cm³/mol. The third-order valence-corrected chi connectivity index (χ3v) is 3.59. The Morgan fingerprint density at radius 1 is 1.50 bits per heavy atom. The number of nitriles is 1. The highest BCUT2D eigenvalue weighted by molar-refractivity contribution is 5.81. The molecule has 5 heteroatoms. The molecule has 1 aliphatic heterocycles. The van der Waals surface area contributed by atoms with Crippen LogP contribution in [0.15, 0.2) is 22.8 Å². The van der Waals surface area contributed by atoms with E-state index in [1.165, 1.54) is 6.42 Å². The first-order valence-corrected chi connectivity index (χ1v) is 7.23. The quantitative estimate of drug-likeness (QED) is 0.893. The predicted octanol–water partition coefficient (Wildman–Crippen LogP) is 2.05. The van der Waals surface area contributed by atoms with Gasteiger partial charge in [-0.1, -0.05) is 12.8 Å². The molecule has 1 amide bonds. The first-order chi connectivity index (χ1) is 9.81. The zero-order chi connectivity index (χ0) is 14.2. The van der Waals surface area contributed by atoms with Crippen LogP contribution in [0.25, 0.3) is 0 Å². The summed E-state index contributed by atoms with van der Waals surface area (Å²) in [7, 11) is 0. The van der Waals surface area contributed by atoms with Crippen LogP contribution in [-0.4, -0.2) is 29.9 Å². The van der Waals surface area contributed by atoms with Gasteiger partial charge in [0.2, 0.25) is 5.91 Å². The lowest BCUT2D eigenvalue weighted by atomic mass is 10.1. The minimum atomic E-state index is -0.119. The van der Waals surface area contributed by atoms with Crippen molar-refractivity contribution >= 4 is 5.91 Å². The lowest BCUT2D eigenvalue weighted by molar-refractivity contribution is -0.134. The van der Waals surface area contributed by atoms with Crippen LogP contribution in [0.1, 0.15) is 37.9 Å². The zero-order valence-corrected chi connectivity index (χ0v) is 11.7. The Morgan fingerprint density at radius 3 is 3.15 bits per heavy atom. The molecule has 20 heavy (non-hydrogen) atoms. The lowest BCUT2D eigenvalue weighted by Crippen LogP contribution is -2.46. The summed E-state index contributed by atoms with van der Waals surface area (Å²) < 4.78 is 5.31. The molecule has 0 radical (unpaired) electrons. The van der Waals surface area contributed by atoms with Gasteiger partial charge in [0.05, 0.1) is 31.3 Å². The summed E-state index contributed by atoms with van der Waals surface area (Å²) in [6.45, 7) is 1.78. The molecule has 0 aliphatic carbocycles. The molecule has 1 aromatic rings. The van der Waals surface area contributed by atoms with Crippen LogP contribution in [0.2, 0.25) is 0 Å². The number of furan rings is 1. The number of nitrogens with zero attached hydrogens (tertiary/aromatic N) is 2. The molecule has 0 aromatic carbocycles. The Morgan fingerprint density at radius 2 is 2.40 bits per heavy atom. The molecule has 1 atom stereocenters. The van der Waals surface area contributed by atoms with E-state index in [-0.39, 0.29) is 11.9 Å². The summed E-state index contributed by atoms with van der Waals surface area (Å²) in [6, 6.07) is 5.65. The first kappa shape index (κ1) is 14.6. The topological polar surface area (TPSA) is 69.3 Å². The molecule has 0 spiro atoms. The van der Waals surface area contributed by atoms with Crippen molar-refractivity contribution < 1.29 is 9.21 Å². The average Bonchev–Trinajstić information content (AvgIpc) is 2.82. The molecule has 1 N–H and O–H groups in total. The van der Waals surface area contributed by atoms with Gasteiger partial charge in [0.15, 0.2) is 0 Å². The number of hydrogen-bond donors (Lipinski definition) is 1. The van der Waals surface area contributed by atoms with Crippen molar-refractivity contribution in [2.75, 3.05) is 13.1 Å². The Balaban J connectivity index is 2.00. The Bertz CT molecular complexity index is 442. The summed E-state index contributed by atoms with van der Waals surface area (Å²) >= 11 is 0. The second kappa shape index (κ2) is 7.71. The fourth-order valence-electron chi connectivity index (χ4n) is 2.50. The highest BCUT2D eigenvalue weighted by Gasteiger charge is 2.25. The monoisotopic (exact) mass is 275 g/mol. The van der Waals surface area contributed by atoms with E-state index in [0.717, 1.165) is 31.6 Å². The molecule has 108 valence electrons. The van der Waals surface area contributed by atoms with E-state index in [4.69, 9.17) is 9.68 Å².